The van der Waals surface area contributed by atoms with Crippen LogP contribution in [0.25, 0.3) is 0 Å². The van der Waals surface area contributed by atoms with Gasteiger partial charge in [0.05, 0.1) is 26.0 Å². The molecule has 1 fully saturated rings. The molecule has 1 aliphatic rings. The molecule has 1 aromatic carbocycles. The average Bonchev–Trinajstić information content (AvgIpc) is 3.24. The number of methoxy groups -OCH3 is 2. The van der Waals surface area contributed by atoms with Gasteiger partial charge in [-0.3, -0.25) is 4.79 Å². The zero-order chi connectivity index (χ0) is 20.6. The van der Waals surface area contributed by atoms with Gasteiger partial charge in [-0.25, -0.2) is 4.68 Å². The predicted octanol–water partition coefficient (Wildman–Crippen LogP) is 3.34. The molecule has 0 saturated heterocycles. The Balaban J connectivity index is 1.60. The molecule has 1 aliphatic carbocycles. The lowest BCUT2D eigenvalue weighted by molar-refractivity contribution is -0.128. The number of nitrogens with zero attached hydrogens (tertiary/aromatic N) is 5. The highest BCUT2D eigenvalue weighted by atomic mass is 32.2. The van der Waals surface area contributed by atoms with E-state index >= 15 is 0 Å². The number of rotatable bonds is 9. The van der Waals surface area contributed by atoms with E-state index in [9.17, 15) is 4.79 Å². The number of tetrazole rings is 1. The molecule has 29 heavy (non-hydrogen) atoms. The van der Waals surface area contributed by atoms with Crippen LogP contribution >= 0.6 is 11.8 Å². The molecular weight excluding hydrogens is 390 g/mol. The van der Waals surface area contributed by atoms with Crippen LogP contribution < -0.4 is 9.47 Å². The Morgan fingerprint density at radius 2 is 1.97 bits per heavy atom. The van der Waals surface area contributed by atoms with Gasteiger partial charge in [0.2, 0.25) is 11.1 Å². The highest BCUT2D eigenvalue weighted by Gasteiger charge is 2.22. The van der Waals surface area contributed by atoms with E-state index in [0.717, 1.165) is 23.6 Å². The van der Waals surface area contributed by atoms with E-state index in [-0.39, 0.29) is 5.91 Å². The van der Waals surface area contributed by atoms with Crippen molar-refractivity contribution in [2.24, 2.45) is 0 Å². The van der Waals surface area contributed by atoms with Crippen molar-refractivity contribution in [3.8, 4) is 11.5 Å². The summed E-state index contributed by atoms with van der Waals surface area (Å²) in [5.41, 5.74) is 0.995. The number of carbonyl (C=O) groups excluding carboxylic acids is 1. The minimum absolute atomic E-state index is 0.0606. The van der Waals surface area contributed by atoms with Gasteiger partial charge in [-0.2, -0.15) is 0 Å². The monoisotopic (exact) mass is 419 g/mol. The number of hydrogen-bond acceptors (Lipinski definition) is 7. The van der Waals surface area contributed by atoms with Crippen molar-refractivity contribution in [3.05, 3.63) is 23.8 Å². The van der Waals surface area contributed by atoms with Crippen LogP contribution in [0.2, 0.25) is 0 Å². The number of aromatic nitrogens is 4. The highest BCUT2D eigenvalue weighted by Crippen LogP contribution is 2.31. The molecule has 0 radical (unpaired) electrons. The van der Waals surface area contributed by atoms with Crippen LogP contribution in [0.3, 0.4) is 0 Å². The fraction of sp³-hybridized carbons (Fsp3) is 0.600. The van der Waals surface area contributed by atoms with Gasteiger partial charge in [-0.1, -0.05) is 37.1 Å². The molecule has 1 saturated carbocycles. The largest absolute Gasteiger partial charge is 0.493 e. The summed E-state index contributed by atoms with van der Waals surface area (Å²) in [7, 11) is 3.22. The summed E-state index contributed by atoms with van der Waals surface area (Å²) >= 11 is 1.41. The van der Waals surface area contributed by atoms with Gasteiger partial charge in [0.1, 0.15) is 0 Å². The molecule has 2 aromatic rings. The summed E-state index contributed by atoms with van der Waals surface area (Å²) in [6.07, 6.45) is 5.91. The molecule has 1 heterocycles. The summed E-state index contributed by atoms with van der Waals surface area (Å²) in [4.78, 5) is 14.6. The van der Waals surface area contributed by atoms with E-state index in [1.165, 1.54) is 31.0 Å². The molecule has 0 unspecified atom stereocenters. The van der Waals surface area contributed by atoms with Crippen molar-refractivity contribution in [2.45, 2.75) is 56.8 Å². The SMILES string of the molecule is CCN(Cc1ccc(OC)c(OC)c1)C(=O)CSc1nnnn1C1CCCCC1. The summed E-state index contributed by atoms with van der Waals surface area (Å²) in [6.45, 7) is 3.13. The Morgan fingerprint density at radius 3 is 2.66 bits per heavy atom. The van der Waals surface area contributed by atoms with Gasteiger partial charge in [0.25, 0.3) is 0 Å². The van der Waals surface area contributed by atoms with Crippen molar-refractivity contribution < 1.29 is 14.3 Å². The molecule has 3 rings (SSSR count). The standard InChI is InChI=1S/C20H29N5O3S/c1-4-24(13-15-10-11-17(27-2)18(12-15)28-3)19(26)14-29-20-21-22-23-25(20)16-8-6-5-7-9-16/h10-12,16H,4-9,13-14H2,1-3H3. The van der Waals surface area contributed by atoms with Crippen molar-refractivity contribution in [3.63, 3.8) is 0 Å². The number of thioether (sulfide) groups is 1. The maximum Gasteiger partial charge on any atom is 0.233 e. The second-order valence-electron chi connectivity index (χ2n) is 7.08. The predicted molar refractivity (Wildman–Crippen MR) is 111 cm³/mol. The summed E-state index contributed by atoms with van der Waals surface area (Å²) in [5, 5.41) is 12.9. The van der Waals surface area contributed by atoms with Crippen LogP contribution in [0.5, 0.6) is 11.5 Å². The van der Waals surface area contributed by atoms with Gasteiger partial charge >= 0.3 is 0 Å². The number of benzene rings is 1. The van der Waals surface area contributed by atoms with Crippen LogP contribution in [-0.4, -0.2) is 57.5 Å². The molecule has 1 amide bonds. The fourth-order valence-electron chi connectivity index (χ4n) is 3.63. The molecule has 0 atom stereocenters. The second kappa shape index (κ2) is 10.5. The lowest BCUT2D eigenvalue weighted by Gasteiger charge is -2.23. The first kappa shape index (κ1) is 21.4. The van der Waals surface area contributed by atoms with E-state index < -0.39 is 0 Å². The molecule has 1 aromatic heterocycles. The number of carbonyl (C=O) groups is 1. The Hall–Kier alpha value is -2.29. The second-order valence-corrected chi connectivity index (χ2v) is 8.03. The van der Waals surface area contributed by atoms with Crippen LogP contribution in [0, 0.1) is 0 Å². The van der Waals surface area contributed by atoms with Gasteiger partial charge in [0.15, 0.2) is 11.5 Å². The molecule has 8 nitrogen and oxygen atoms in total. The Kier molecular flexibility index (Phi) is 7.74. The normalized spacial score (nSPS) is 14.6. The van der Waals surface area contributed by atoms with Gasteiger partial charge in [-0.15, -0.1) is 5.10 Å². The molecule has 0 spiro atoms. The smallest absolute Gasteiger partial charge is 0.233 e. The first-order valence-corrected chi connectivity index (χ1v) is 11.0. The van der Waals surface area contributed by atoms with E-state index in [4.69, 9.17) is 9.47 Å². The van der Waals surface area contributed by atoms with Crippen LogP contribution in [0.1, 0.15) is 50.6 Å². The maximum atomic E-state index is 12.8. The molecule has 9 heteroatoms. The third-order valence-electron chi connectivity index (χ3n) is 5.26. The van der Waals surface area contributed by atoms with E-state index in [1.54, 1.807) is 14.2 Å². The minimum atomic E-state index is 0.0606. The third-order valence-corrected chi connectivity index (χ3v) is 6.18. The summed E-state index contributed by atoms with van der Waals surface area (Å²) in [5.74, 6) is 1.71. The zero-order valence-electron chi connectivity index (χ0n) is 17.3. The topological polar surface area (TPSA) is 82.4 Å². The van der Waals surface area contributed by atoms with E-state index in [0.29, 0.717) is 36.4 Å². The molecule has 0 aliphatic heterocycles. The molecule has 0 N–H and O–H groups in total. The quantitative estimate of drug-likeness (QED) is 0.577. The van der Waals surface area contributed by atoms with Crippen molar-refractivity contribution in [2.75, 3.05) is 26.5 Å². The first-order chi connectivity index (χ1) is 14.2. The summed E-state index contributed by atoms with van der Waals surface area (Å²) < 4.78 is 12.5. The minimum Gasteiger partial charge on any atom is -0.493 e. The molecule has 158 valence electrons. The van der Waals surface area contributed by atoms with Crippen LogP contribution in [0.15, 0.2) is 23.4 Å². The number of ether oxygens (including phenoxy) is 2. The maximum absolute atomic E-state index is 12.8. The van der Waals surface area contributed by atoms with E-state index in [2.05, 4.69) is 15.5 Å². The Morgan fingerprint density at radius 1 is 1.21 bits per heavy atom. The zero-order valence-corrected chi connectivity index (χ0v) is 18.2. The lowest BCUT2D eigenvalue weighted by atomic mass is 9.96. The number of amides is 1. The third kappa shape index (κ3) is 5.41. The van der Waals surface area contributed by atoms with Gasteiger partial charge in [-0.05, 0) is 47.9 Å². The Labute approximate surface area is 175 Å². The molecular formula is C20H29N5O3S. The average molecular weight is 420 g/mol. The Bertz CT molecular complexity index is 807. The van der Waals surface area contributed by atoms with Crippen LogP contribution in [0.4, 0.5) is 0 Å². The first-order valence-electron chi connectivity index (χ1n) is 10.1. The fourth-order valence-corrected chi connectivity index (χ4v) is 4.48. The number of hydrogen-bond donors (Lipinski definition) is 0. The summed E-state index contributed by atoms with van der Waals surface area (Å²) in [6, 6.07) is 6.07. The van der Waals surface area contributed by atoms with E-state index in [1.807, 2.05) is 34.7 Å². The van der Waals surface area contributed by atoms with Gasteiger partial charge in [0, 0.05) is 13.1 Å². The van der Waals surface area contributed by atoms with Crippen molar-refractivity contribution >= 4 is 17.7 Å². The highest BCUT2D eigenvalue weighted by molar-refractivity contribution is 7.99. The van der Waals surface area contributed by atoms with Gasteiger partial charge < -0.3 is 14.4 Å². The lowest BCUT2D eigenvalue weighted by Crippen LogP contribution is -2.31. The molecule has 0 bridgehead atoms. The van der Waals surface area contributed by atoms with Crippen LogP contribution in [-0.2, 0) is 11.3 Å². The van der Waals surface area contributed by atoms with Crippen molar-refractivity contribution in [1.82, 2.24) is 25.1 Å². The van der Waals surface area contributed by atoms with Crippen molar-refractivity contribution in [1.29, 1.82) is 0 Å².